The number of aromatic nitrogens is 1. The van der Waals surface area contributed by atoms with Crippen molar-refractivity contribution in [1.82, 2.24) is 4.98 Å². The molecule has 0 bridgehead atoms. The summed E-state index contributed by atoms with van der Waals surface area (Å²) in [6, 6.07) is 12.3. The molecule has 0 atom stereocenters. The molecule has 0 aliphatic carbocycles. The topological polar surface area (TPSA) is 50.9 Å². The van der Waals surface area contributed by atoms with Crippen molar-refractivity contribution in [3.63, 3.8) is 0 Å². The Morgan fingerprint density at radius 1 is 1.11 bits per heavy atom. The van der Waals surface area contributed by atoms with Crippen molar-refractivity contribution in [2.75, 3.05) is 5.32 Å². The quantitative estimate of drug-likeness (QED) is 0.881. The van der Waals surface area contributed by atoms with Crippen molar-refractivity contribution in [3.05, 3.63) is 53.7 Å². The molecule has 0 saturated heterocycles. The van der Waals surface area contributed by atoms with Crippen molar-refractivity contribution in [2.45, 2.75) is 32.7 Å². The van der Waals surface area contributed by atoms with E-state index in [1.807, 2.05) is 24.4 Å². The summed E-state index contributed by atoms with van der Waals surface area (Å²) >= 11 is 0. The van der Waals surface area contributed by atoms with E-state index in [0.717, 1.165) is 17.1 Å². The Balaban J connectivity index is 2.28. The molecule has 3 N–H and O–H groups in total. The van der Waals surface area contributed by atoms with Gasteiger partial charge in [0.2, 0.25) is 0 Å². The molecular weight excluding hydrogens is 234 g/mol. The van der Waals surface area contributed by atoms with Crippen LogP contribution in [0.1, 0.15) is 31.9 Å². The molecule has 3 nitrogen and oxygen atoms in total. The molecule has 0 spiro atoms. The van der Waals surface area contributed by atoms with Crippen LogP contribution in [0.2, 0.25) is 0 Å². The lowest BCUT2D eigenvalue weighted by molar-refractivity contribution is 0.592. The maximum atomic E-state index is 5.57. The highest BCUT2D eigenvalue weighted by Gasteiger charge is 2.17. The molecule has 1 aromatic carbocycles. The molecule has 0 unspecified atom stereocenters. The molecule has 0 aliphatic heterocycles. The molecule has 0 aliphatic rings. The fourth-order valence-corrected chi connectivity index (χ4v) is 2.00. The first-order valence-electron chi connectivity index (χ1n) is 6.52. The fraction of sp³-hybridized carbons (Fsp3) is 0.312. The van der Waals surface area contributed by atoms with E-state index in [9.17, 15) is 0 Å². The third-order valence-corrected chi connectivity index (χ3v) is 3.06. The summed E-state index contributed by atoms with van der Waals surface area (Å²) in [7, 11) is 0. The summed E-state index contributed by atoms with van der Waals surface area (Å²) in [5, 5.41) is 3.38. The van der Waals surface area contributed by atoms with E-state index >= 15 is 0 Å². The van der Waals surface area contributed by atoms with Crippen LogP contribution in [-0.4, -0.2) is 4.98 Å². The summed E-state index contributed by atoms with van der Waals surface area (Å²) in [4.78, 5) is 4.38. The van der Waals surface area contributed by atoms with Gasteiger partial charge in [-0.2, -0.15) is 0 Å². The van der Waals surface area contributed by atoms with E-state index < -0.39 is 0 Å². The second-order valence-electron chi connectivity index (χ2n) is 5.68. The Hall–Kier alpha value is -1.87. The standard InChI is InChI=1S/C16H21N3/c1-16(2,3)13-6-4-5-7-14(13)19-15-9-8-12(10-17)11-18-15/h4-9,11H,10,17H2,1-3H3,(H,18,19). The first kappa shape index (κ1) is 13.6. The zero-order valence-electron chi connectivity index (χ0n) is 11.8. The molecule has 0 fully saturated rings. The largest absolute Gasteiger partial charge is 0.340 e. The number of para-hydroxylation sites is 1. The third kappa shape index (κ3) is 3.32. The lowest BCUT2D eigenvalue weighted by Crippen LogP contribution is -2.13. The van der Waals surface area contributed by atoms with Crippen molar-refractivity contribution in [1.29, 1.82) is 0 Å². The van der Waals surface area contributed by atoms with Crippen molar-refractivity contribution in [3.8, 4) is 0 Å². The predicted molar refractivity (Wildman–Crippen MR) is 80.6 cm³/mol. The minimum atomic E-state index is 0.0980. The molecule has 0 saturated carbocycles. The van der Waals surface area contributed by atoms with Gasteiger partial charge in [-0.25, -0.2) is 4.98 Å². The number of nitrogens with zero attached hydrogens (tertiary/aromatic N) is 1. The van der Waals surface area contributed by atoms with Crippen LogP contribution in [0.25, 0.3) is 0 Å². The highest BCUT2D eigenvalue weighted by Crippen LogP contribution is 2.30. The summed E-state index contributed by atoms with van der Waals surface area (Å²) < 4.78 is 0. The average molecular weight is 255 g/mol. The van der Waals surface area contributed by atoms with Gasteiger partial charge in [-0.1, -0.05) is 45.0 Å². The van der Waals surface area contributed by atoms with Crippen LogP contribution >= 0.6 is 0 Å². The Morgan fingerprint density at radius 3 is 2.42 bits per heavy atom. The Morgan fingerprint density at radius 2 is 1.84 bits per heavy atom. The van der Waals surface area contributed by atoms with Gasteiger partial charge in [-0.05, 0) is 28.7 Å². The summed E-state index contributed by atoms with van der Waals surface area (Å²) in [5.41, 5.74) is 9.09. The van der Waals surface area contributed by atoms with E-state index in [4.69, 9.17) is 5.73 Å². The number of pyridine rings is 1. The monoisotopic (exact) mass is 255 g/mol. The van der Waals surface area contributed by atoms with Crippen LogP contribution < -0.4 is 11.1 Å². The van der Waals surface area contributed by atoms with Gasteiger partial charge in [-0.15, -0.1) is 0 Å². The maximum absolute atomic E-state index is 5.57. The number of hydrogen-bond donors (Lipinski definition) is 2. The van der Waals surface area contributed by atoms with E-state index in [0.29, 0.717) is 6.54 Å². The minimum Gasteiger partial charge on any atom is -0.340 e. The Bertz CT molecular complexity index is 539. The SMILES string of the molecule is CC(C)(C)c1ccccc1Nc1ccc(CN)cn1. The molecule has 100 valence electrons. The smallest absolute Gasteiger partial charge is 0.130 e. The van der Waals surface area contributed by atoms with Gasteiger partial charge in [0.05, 0.1) is 0 Å². The van der Waals surface area contributed by atoms with Crippen LogP contribution in [0.4, 0.5) is 11.5 Å². The van der Waals surface area contributed by atoms with Crippen LogP contribution in [0.5, 0.6) is 0 Å². The first-order valence-corrected chi connectivity index (χ1v) is 6.52. The lowest BCUT2D eigenvalue weighted by Gasteiger charge is -2.23. The van der Waals surface area contributed by atoms with Gasteiger partial charge in [-0.3, -0.25) is 0 Å². The fourth-order valence-electron chi connectivity index (χ4n) is 2.00. The second kappa shape index (κ2) is 5.41. The normalized spacial score (nSPS) is 11.4. The average Bonchev–Trinajstić information content (AvgIpc) is 2.39. The lowest BCUT2D eigenvalue weighted by atomic mass is 9.86. The van der Waals surface area contributed by atoms with Crippen LogP contribution in [0, 0.1) is 0 Å². The molecule has 0 amide bonds. The van der Waals surface area contributed by atoms with Gasteiger partial charge in [0.25, 0.3) is 0 Å². The zero-order chi connectivity index (χ0) is 13.9. The van der Waals surface area contributed by atoms with Crippen LogP contribution in [0.3, 0.4) is 0 Å². The van der Waals surface area contributed by atoms with Gasteiger partial charge in [0, 0.05) is 18.4 Å². The molecule has 2 rings (SSSR count). The first-order chi connectivity index (χ1) is 9.00. The Labute approximate surface area is 114 Å². The van der Waals surface area contributed by atoms with E-state index in [1.54, 1.807) is 0 Å². The molecular formula is C16H21N3. The van der Waals surface area contributed by atoms with E-state index in [2.05, 4.69) is 49.3 Å². The highest BCUT2D eigenvalue weighted by molar-refractivity contribution is 5.62. The third-order valence-electron chi connectivity index (χ3n) is 3.06. The number of anilines is 2. The molecule has 0 radical (unpaired) electrons. The van der Waals surface area contributed by atoms with Gasteiger partial charge >= 0.3 is 0 Å². The molecule has 2 aromatic rings. The van der Waals surface area contributed by atoms with E-state index in [-0.39, 0.29) is 5.41 Å². The predicted octanol–water partition coefficient (Wildman–Crippen LogP) is 3.58. The molecule has 1 heterocycles. The summed E-state index contributed by atoms with van der Waals surface area (Å²) in [6.07, 6.45) is 1.81. The number of benzene rings is 1. The second-order valence-corrected chi connectivity index (χ2v) is 5.68. The number of nitrogens with one attached hydrogen (secondary N) is 1. The summed E-state index contributed by atoms with van der Waals surface area (Å²) in [6.45, 7) is 7.14. The number of nitrogens with two attached hydrogens (primary N) is 1. The zero-order valence-corrected chi connectivity index (χ0v) is 11.8. The van der Waals surface area contributed by atoms with Crippen LogP contribution in [0.15, 0.2) is 42.6 Å². The van der Waals surface area contributed by atoms with Crippen molar-refractivity contribution < 1.29 is 0 Å². The molecule has 1 aromatic heterocycles. The van der Waals surface area contributed by atoms with Gasteiger partial charge in [0.1, 0.15) is 5.82 Å². The minimum absolute atomic E-state index is 0.0980. The van der Waals surface area contributed by atoms with Crippen molar-refractivity contribution >= 4 is 11.5 Å². The highest BCUT2D eigenvalue weighted by atomic mass is 15.0. The van der Waals surface area contributed by atoms with Gasteiger partial charge in [0.15, 0.2) is 0 Å². The Kier molecular flexibility index (Phi) is 3.86. The summed E-state index contributed by atoms with van der Waals surface area (Å²) in [5.74, 6) is 0.842. The molecule has 3 heteroatoms. The molecule has 19 heavy (non-hydrogen) atoms. The van der Waals surface area contributed by atoms with E-state index in [1.165, 1.54) is 5.56 Å². The number of hydrogen-bond acceptors (Lipinski definition) is 3. The maximum Gasteiger partial charge on any atom is 0.130 e. The van der Waals surface area contributed by atoms with Crippen molar-refractivity contribution in [2.24, 2.45) is 5.73 Å². The van der Waals surface area contributed by atoms with Gasteiger partial charge < -0.3 is 11.1 Å². The van der Waals surface area contributed by atoms with Crippen LogP contribution in [-0.2, 0) is 12.0 Å². The number of rotatable bonds is 3.